The molecule has 0 spiro atoms. The van der Waals surface area contributed by atoms with Crippen LogP contribution in [0.25, 0.3) is 0 Å². The Balaban J connectivity index is 2.82. The fraction of sp³-hybridized carbons (Fsp3) is 0.364. The van der Waals surface area contributed by atoms with Gasteiger partial charge in [0.15, 0.2) is 5.96 Å². The highest BCUT2D eigenvalue weighted by Gasteiger charge is 2.00. The molecule has 3 N–H and O–H groups in total. The van der Waals surface area contributed by atoms with Crippen molar-refractivity contribution >= 4 is 11.6 Å². The fourth-order valence-electron chi connectivity index (χ4n) is 1.25. The van der Waals surface area contributed by atoms with Crippen LogP contribution >= 0.6 is 0 Å². The largest absolute Gasteiger partial charge is 0.497 e. The molecule has 82 valence electrons. The van der Waals surface area contributed by atoms with Crippen molar-refractivity contribution in [3.05, 3.63) is 23.8 Å². The van der Waals surface area contributed by atoms with Gasteiger partial charge in [0.25, 0.3) is 0 Å². The van der Waals surface area contributed by atoms with Gasteiger partial charge in [-0.25, -0.2) is 0 Å². The molecule has 0 aliphatic rings. The molecular weight excluding hydrogens is 190 g/mol. The minimum Gasteiger partial charge on any atom is -0.497 e. The highest BCUT2D eigenvalue weighted by molar-refractivity contribution is 5.93. The van der Waals surface area contributed by atoms with Crippen LogP contribution in [0.2, 0.25) is 0 Å². The molecule has 0 aliphatic heterocycles. The Morgan fingerprint density at radius 1 is 1.53 bits per heavy atom. The van der Waals surface area contributed by atoms with Gasteiger partial charge in [-0.2, -0.15) is 0 Å². The van der Waals surface area contributed by atoms with Crippen molar-refractivity contribution < 1.29 is 4.74 Å². The first-order valence-electron chi connectivity index (χ1n) is 4.89. The summed E-state index contributed by atoms with van der Waals surface area (Å²) < 4.78 is 5.11. The second-order valence-corrected chi connectivity index (χ2v) is 3.17. The van der Waals surface area contributed by atoms with Crippen LogP contribution in [-0.2, 0) is 0 Å². The summed E-state index contributed by atoms with van der Waals surface area (Å²) in [7, 11) is 1.65. The van der Waals surface area contributed by atoms with Crippen molar-refractivity contribution in [2.45, 2.75) is 13.8 Å². The monoisotopic (exact) mass is 207 g/mol. The molecule has 1 rings (SSSR count). The zero-order chi connectivity index (χ0) is 11.3. The molecule has 0 amide bonds. The van der Waals surface area contributed by atoms with E-state index in [1.54, 1.807) is 7.11 Å². The number of nitrogens with zero attached hydrogens (tertiary/aromatic N) is 1. The molecule has 0 heterocycles. The second-order valence-electron chi connectivity index (χ2n) is 3.17. The predicted molar refractivity (Wildman–Crippen MR) is 63.5 cm³/mol. The van der Waals surface area contributed by atoms with Crippen LogP contribution in [0.3, 0.4) is 0 Å². The SMILES string of the molecule is CCN=C(N)Nc1ccc(OC)cc1C. The number of anilines is 1. The van der Waals surface area contributed by atoms with Crippen molar-refractivity contribution in [1.82, 2.24) is 0 Å². The quantitative estimate of drug-likeness (QED) is 0.586. The zero-order valence-electron chi connectivity index (χ0n) is 9.37. The molecule has 0 saturated heterocycles. The average molecular weight is 207 g/mol. The van der Waals surface area contributed by atoms with Crippen LogP contribution in [0, 0.1) is 6.92 Å². The highest BCUT2D eigenvalue weighted by Crippen LogP contribution is 2.20. The Morgan fingerprint density at radius 2 is 2.27 bits per heavy atom. The third-order valence-corrected chi connectivity index (χ3v) is 2.02. The van der Waals surface area contributed by atoms with Crippen LogP contribution < -0.4 is 15.8 Å². The molecule has 0 aromatic heterocycles. The number of guanidine groups is 1. The van der Waals surface area contributed by atoms with E-state index in [-0.39, 0.29) is 0 Å². The third kappa shape index (κ3) is 3.16. The molecule has 0 aliphatic carbocycles. The van der Waals surface area contributed by atoms with Crippen LogP contribution in [-0.4, -0.2) is 19.6 Å². The van der Waals surface area contributed by atoms with Gasteiger partial charge in [0.05, 0.1) is 7.11 Å². The molecule has 0 unspecified atom stereocenters. The van der Waals surface area contributed by atoms with Crippen LogP contribution in [0.1, 0.15) is 12.5 Å². The van der Waals surface area contributed by atoms with Gasteiger partial charge in [-0.15, -0.1) is 0 Å². The number of aryl methyl sites for hydroxylation is 1. The van der Waals surface area contributed by atoms with Crippen LogP contribution in [0.15, 0.2) is 23.2 Å². The second kappa shape index (κ2) is 5.24. The van der Waals surface area contributed by atoms with Crippen molar-refractivity contribution in [2.75, 3.05) is 19.0 Å². The van der Waals surface area contributed by atoms with E-state index >= 15 is 0 Å². The molecule has 1 aromatic carbocycles. The van der Waals surface area contributed by atoms with Gasteiger partial charge in [0, 0.05) is 12.2 Å². The summed E-state index contributed by atoms with van der Waals surface area (Å²) >= 11 is 0. The number of aliphatic imine (C=N–C) groups is 1. The Kier molecular flexibility index (Phi) is 3.97. The fourth-order valence-corrected chi connectivity index (χ4v) is 1.25. The van der Waals surface area contributed by atoms with E-state index in [0.29, 0.717) is 12.5 Å². The number of nitrogens with two attached hydrogens (primary N) is 1. The lowest BCUT2D eigenvalue weighted by molar-refractivity contribution is 0.414. The van der Waals surface area contributed by atoms with E-state index in [1.807, 2.05) is 32.0 Å². The van der Waals surface area contributed by atoms with Crippen molar-refractivity contribution in [2.24, 2.45) is 10.7 Å². The van der Waals surface area contributed by atoms with Gasteiger partial charge in [-0.1, -0.05) is 0 Å². The maximum atomic E-state index is 5.66. The standard InChI is InChI=1S/C11H17N3O/c1-4-13-11(12)14-10-6-5-9(15-3)7-8(10)2/h5-7H,4H2,1-3H3,(H3,12,13,14). The van der Waals surface area contributed by atoms with Gasteiger partial charge in [0.2, 0.25) is 0 Å². The summed E-state index contributed by atoms with van der Waals surface area (Å²) in [5, 5.41) is 3.03. The van der Waals surface area contributed by atoms with E-state index < -0.39 is 0 Å². The first-order chi connectivity index (χ1) is 7.17. The minimum absolute atomic E-state index is 0.436. The molecule has 4 heteroatoms. The summed E-state index contributed by atoms with van der Waals surface area (Å²) in [5.41, 5.74) is 7.69. The molecule has 4 nitrogen and oxygen atoms in total. The highest BCUT2D eigenvalue weighted by atomic mass is 16.5. The van der Waals surface area contributed by atoms with Crippen molar-refractivity contribution in [3.8, 4) is 5.75 Å². The first-order valence-corrected chi connectivity index (χ1v) is 4.89. The number of methoxy groups -OCH3 is 1. The zero-order valence-corrected chi connectivity index (χ0v) is 9.37. The summed E-state index contributed by atoms with van der Waals surface area (Å²) in [6.07, 6.45) is 0. The Labute approximate surface area is 90.2 Å². The molecule has 0 saturated carbocycles. The number of benzene rings is 1. The van der Waals surface area contributed by atoms with E-state index in [2.05, 4.69) is 10.3 Å². The smallest absolute Gasteiger partial charge is 0.193 e. The molecule has 1 aromatic rings. The van der Waals surface area contributed by atoms with E-state index in [0.717, 1.165) is 17.0 Å². The summed E-state index contributed by atoms with van der Waals surface area (Å²) in [6.45, 7) is 4.60. The molecule has 0 bridgehead atoms. The number of hydrogen-bond donors (Lipinski definition) is 2. The van der Waals surface area contributed by atoms with Gasteiger partial charge in [-0.05, 0) is 37.6 Å². The molecule has 0 atom stereocenters. The summed E-state index contributed by atoms with van der Waals surface area (Å²) in [4.78, 5) is 4.06. The Morgan fingerprint density at radius 3 is 2.80 bits per heavy atom. The van der Waals surface area contributed by atoms with Crippen molar-refractivity contribution in [1.29, 1.82) is 0 Å². The topological polar surface area (TPSA) is 59.6 Å². The molecular formula is C11H17N3O. The predicted octanol–water partition coefficient (Wildman–Crippen LogP) is 1.75. The molecule has 0 fully saturated rings. The maximum Gasteiger partial charge on any atom is 0.193 e. The lowest BCUT2D eigenvalue weighted by Gasteiger charge is -2.09. The summed E-state index contributed by atoms with van der Waals surface area (Å²) in [6, 6.07) is 5.75. The van der Waals surface area contributed by atoms with Gasteiger partial charge in [0.1, 0.15) is 5.75 Å². The number of nitrogens with one attached hydrogen (secondary N) is 1. The third-order valence-electron chi connectivity index (χ3n) is 2.02. The normalized spacial score (nSPS) is 11.3. The average Bonchev–Trinajstić information content (AvgIpc) is 2.21. The lowest BCUT2D eigenvalue weighted by atomic mass is 10.2. The van der Waals surface area contributed by atoms with Gasteiger partial charge >= 0.3 is 0 Å². The van der Waals surface area contributed by atoms with Crippen LogP contribution in [0.4, 0.5) is 5.69 Å². The Hall–Kier alpha value is -1.71. The lowest BCUT2D eigenvalue weighted by Crippen LogP contribution is -2.23. The number of ether oxygens (including phenoxy) is 1. The first kappa shape index (κ1) is 11.4. The van der Waals surface area contributed by atoms with E-state index in [4.69, 9.17) is 10.5 Å². The number of hydrogen-bond acceptors (Lipinski definition) is 2. The van der Waals surface area contributed by atoms with Gasteiger partial charge < -0.3 is 15.8 Å². The van der Waals surface area contributed by atoms with E-state index in [1.165, 1.54) is 0 Å². The maximum absolute atomic E-state index is 5.66. The van der Waals surface area contributed by atoms with Crippen LogP contribution in [0.5, 0.6) is 5.75 Å². The minimum atomic E-state index is 0.436. The molecule has 15 heavy (non-hydrogen) atoms. The van der Waals surface area contributed by atoms with Crippen molar-refractivity contribution in [3.63, 3.8) is 0 Å². The molecule has 0 radical (unpaired) electrons. The van der Waals surface area contributed by atoms with E-state index in [9.17, 15) is 0 Å². The Bertz CT molecular complexity index is 361. The van der Waals surface area contributed by atoms with Gasteiger partial charge in [-0.3, -0.25) is 4.99 Å². The number of rotatable bonds is 3. The summed E-state index contributed by atoms with van der Waals surface area (Å²) in [5.74, 6) is 1.27.